The van der Waals surface area contributed by atoms with Crippen molar-refractivity contribution >= 4 is 6.01 Å². The van der Waals surface area contributed by atoms with E-state index in [1.807, 2.05) is 0 Å². The first-order chi connectivity index (χ1) is 9.26. The molecule has 1 atom stereocenters. The van der Waals surface area contributed by atoms with Crippen molar-refractivity contribution in [1.82, 2.24) is 15.5 Å². The molecule has 1 aliphatic rings. The lowest BCUT2D eigenvalue weighted by Crippen LogP contribution is -2.33. The number of hydrogen-bond donors (Lipinski definition) is 1. The standard InChI is InChI=1S/C14H26N4O/c1-4-10-15-11(3)13-16-17-14(19-13)18(5-2)12-8-6-7-9-12/h11-12,15H,4-10H2,1-3H3. The van der Waals surface area contributed by atoms with Gasteiger partial charge in [0.05, 0.1) is 6.04 Å². The lowest BCUT2D eigenvalue weighted by molar-refractivity contribution is 0.407. The lowest BCUT2D eigenvalue weighted by Gasteiger charge is -2.25. The van der Waals surface area contributed by atoms with Gasteiger partial charge in [0.1, 0.15) is 0 Å². The van der Waals surface area contributed by atoms with E-state index in [-0.39, 0.29) is 6.04 Å². The second-order valence-electron chi connectivity index (χ2n) is 5.32. The quantitative estimate of drug-likeness (QED) is 0.822. The largest absolute Gasteiger partial charge is 0.406 e. The Hall–Kier alpha value is -1.10. The summed E-state index contributed by atoms with van der Waals surface area (Å²) in [6, 6.07) is 1.40. The molecule has 0 bridgehead atoms. The van der Waals surface area contributed by atoms with Gasteiger partial charge in [-0.1, -0.05) is 24.9 Å². The number of nitrogens with one attached hydrogen (secondary N) is 1. The van der Waals surface area contributed by atoms with Crippen LogP contribution in [0.3, 0.4) is 0 Å². The zero-order valence-electron chi connectivity index (χ0n) is 12.4. The summed E-state index contributed by atoms with van der Waals surface area (Å²) in [7, 11) is 0. The minimum absolute atomic E-state index is 0.128. The van der Waals surface area contributed by atoms with Gasteiger partial charge in [0.2, 0.25) is 5.89 Å². The highest BCUT2D eigenvalue weighted by atomic mass is 16.4. The molecule has 108 valence electrons. The molecule has 19 heavy (non-hydrogen) atoms. The van der Waals surface area contributed by atoms with E-state index in [0.717, 1.165) is 19.5 Å². The van der Waals surface area contributed by atoms with Crippen LogP contribution in [-0.4, -0.2) is 29.3 Å². The number of rotatable bonds is 7. The second kappa shape index (κ2) is 6.89. The molecule has 0 spiro atoms. The van der Waals surface area contributed by atoms with Crippen LogP contribution in [0.15, 0.2) is 4.42 Å². The molecule has 5 heteroatoms. The molecule has 1 aromatic rings. The van der Waals surface area contributed by atoms with Crippen LogP contribution in [0.2, 0.25) is 0 Å². The average Bonchev–Trinajstić information content (AvgIpc) is 3.08. The van der Waals surface area contributed by atoms with Gasteiger partial charge in [0, 0.05) is 12.6 Å². The van der Waals surface area contributed by atoms with Gasteiger partial charge in [-0.2, -0.15) is 0 Å². The zero-order chi connectivity index (χ0) is 13.7. The summed E-state index contributed by atoms with van der Waals surface area (Å²) >= 11 is 0. The summed E-state index contributed by atoms with van der Waals surface area (Å²) in [6.45, 7) is 8.28. The predicted molar refractivity (Wildman–Crippen MR) is 76.3 cm³/mol. The number of hydrogen-bond acceptors (Lipinski definition) is 5. The van der Waals surface area contributed by atoms with Gasteiger partial charge in [0.15, 0.2) is 0 Å². The Morgan fingerprint density at radius 3 is 2.68 bits per heavy atom. The number of nitrogens with zero attached hydrogens (tertiary/aromatic N) is 3. The van der Waals surface area contributed by atoms with E-state index in [9.17, 15) is 0 Å². The van der Waals surface area contributed by atoms with E-state index in [4.69, 9.17) is 4.42 Å². The lowest BCUT2D eigenvalue weighted by atomic mass is 10.2. The van der Waals surface area contributed by atoms with Gasteiger partial charge in [-0.25, -0.2) is 0 Å². The first kappa shape index (κ1) is 14.3. The van der Waals surface area contributed by atoms with Gasteiger partial charge in [-0.05, 0) is 39.7 Å². The summed E-state index contributed by atoms with van der Waals surface area (Å²) in [5.74, 6) is 0.694. The first-order valence-corrected chi connectivity index (χ1v) is 7.59. The molecule has 1 aromatic heterocycles. The normalized spacial score (nSPS) is 17.8. The van der Waals surface area contributed by atoms with Gasteiger partial charge < -0.3 is 14.6 Å². The Morgan fingerprint density at radius 2 is 2.05 bits per heavy atom. The maximum Gasteiger partial charge on any atom is 0.318 e. The summed E-state index contributed by atoms with van der Waals surface area (Å²) in [5, 5.41) is 11.8. The number of anilines is 1. The molecule has 1 aliphatic carbocycles. The van der Waals surface area contributed by atoms with Crippen molar-refractivity contribution in [1.29, 1.82) is 0 Å². The molecule has 1 fully saturated rings. The Balaban J connectivity index is 2.01. The predicted octanol–water partition coefficient (Wildman–Crippen LogP) is 2.90. The zero-order valence-corrected chi connectivity index (χ0v) is 12.4. The van der Waals surface area contributed by atoms with Crippen LogP contribution in [0, 0.1) is 0 Å². The SMILES string of the molecule is CCCNC(C)c1nnc(N(CC)C2CCCC2)o1. The molecule has 0 radical (unpaired) electrons. The Labute approximate surface area is 115 Å². The molecular formula is C14H26N4O. The van der Waals surface area contributed by atoms with E-state index in [1.54, 1.807) is 0 Å². The highest BCUT2D eigenvalue weighted by Crippen LogP contribution is 2.28. The highest BCUT2D eigenvalue weighted by molar-refractivity contribution is 5.27. The maximum absolute atomic E-state index is 5.85. The van der Waals surface area contributed by atoms with Crippen molar-refractivity contribution in [3.63, 3.8) is 0 Å². The van der Waals surface area contributed by atoms with Crippen molar-refractivity contribution < 1.29 is 4.42 Å². The van der Waals surface area contributed by atoms with Crippen molar-refractivity contribution in [3.8, 4) is 0 Å². The van der Waals surface area contributed by atoms with Crippen LogP contribution < -0.4 is 10.2 Å². The van der Waals surface area contributed by atoms with Gasteiger partial charge in [-0.15, -0.1) is 5.10 Å². The van der Waals surface area contributed by atoms with Crippen molar-refractivity contribution in [2.45, 2.75) is 65.0 Å². The third kappa shape index (κ3) is 3.47. The fraction of sp³-hybridized carbons (Fsp3) is 0.857. The molecule has 1 N–H and O–H groups in total. The van der Waals surface area contributed by atoms with Crippen LogP contribution in [-0.2, 0) is 0 Å². The molecule has 1 saturated carbocycles. The Kier molecular flexibility index (Phi) is 5.19. The summed E-state index contributed by atoms with van der Waals surface area (Å²) < 4.78 is 5.85. The van der Waals surface area contributed by atoms with Gasteiger partial charge in [-0.3, -0.25) is 0 Å². The van der Waals surface area contributed by atoms with Crippen LogP contribution in [0.25, 0.3) is 0 Å². The molecule has 1 unspecified atom stereocenters. The van der Waals surface area contributed by atoms with Crippen molar-refractivity contribution in [2.75, 3.05) is 18.0 Å². The number of aromatic nitrogens is 2. The molecule has 5 nitrogen and oxygen atoms in total. The van der Waals surface area contributed by atoms with E-state index in [1.165, 1.54) is 25.7 Å². The van der Waals surface area contributed by atoms with Gasteiger partial charge in [0.25, 0.3) is 0 Å². The van der Waals surface area contributed by atoms with Crippen LogP contribution in [0.5, 0.6) is 0 Å². The van der Waals surface area contributed by atoms with Crippen LogP contribution in [0.4, 0.5) is 6.01 Å². The summed E-state index contributed by atoms with van der Waals surface area (Å²) in [5.41, 5.74) is 0. The third-order valence-electron chi connectivity index (χ3n) is 3.85. The molecule has 2 rings (SSSR count). The second-order valence-corrected chi connectivity index (χ2v) is 5.32. The third-order valence-corrected chi connectivity index (χ3v) is 3.85. The van der Waals surface area contributed by atoms with E-state index < -0.39 is 0 Å². The summed E-state index contributed by atoms with van der Waals surface area (Å²) in [4.78, 5) is 2.26. The minimum atomic E-state index is 0.128. The first-order valence-electron chi connectivity index (χ1n) is 7.59. The smallest absolute Gasteiger partial charge is 0.318 e. The highest BCUT2D eigenvalue weighted by Gasteiger charge is 2.26. The van der Waals surface area contributed by atoms with Crippen LogP contribution >= 0.6 is 0 Å². The Bertz CT molecular complexity index is 373. The van der Waals surface area contributed by atoms with E-state index in [0.29, 0.717) is 17.9 Å². The van der Waals surface area contributed by atoms with E-state index >= 15 is 0 Å². The molecular weight excluding hydrogens is 240 g/mol. The molecule has 0 aliphatic heterocycles. The Morgan fingerprint density at radius 1 is 1.32 bits per heavy atom. The maximum atomic E-state index is 5.85. The topological polar surface area (TPSA) is 54.2 Å². The van der Waals surface area contributed by atoms with Crippen molar-refractivity contribution in [2.24, 2.45) is 0 Å². The molecule has 1 heterocycles. The van der Waals surface area contributed by atoms with E-state index in [2.05, 4.69) is 41.2 Å². The van der Waals surface area contributed by atoms with Crippen LogP contribution in [0.1, 0.15) is 64.8 Å². The molecule has 0 saturated heterocycles. The molecule has 0 aromatic carbocycles. The fourth-order valence-electron chi connectivity index (χ4n) is 2.73. The monoisotopic (exact) mass is 266 g/mol. The fourth-order valence-corrected chi connectivity index (χ4v) is 2.73. The van der Waals surface area contributed by atoms with Gasteiger partial charge >= 0.3 is 6.01 Å². The summed E-state index contributed by atoms with van der Waals surface area (Å²) in [6.07, 6.45) is 6.23. The average molecular weight is 266 g/mol. The minimum Gasteiger partial charge on any atom is -0.406 e. The molecule has 0 amide bonds. The van der Waals surface area contributed by atoms with Crippen molar-refractivity contribution in [3.05, 3.63) is 5.89 Å².